The van der Waals surface area contributed by atoms with Crippen LogP contribution in [0, 0.1) is 0 Å². The topological polar surface area (TPSA) is 72.4 Å². The Labute approximate surface area is 141 Å². The van der Waals surface area contributed by atoms with Crippen molar-refractivity contribution in [1.82, 2.24) is 14.3 Å². The van der Waals surface area contributed by atoms with E-state index < -0.39 is 10.0 Å². The quantitative estimate of drug-likeness (QED) is 0.831. The van der Waals surface area contributed by atoms with E-state index in [4.69, 9.17) is 4.74 Å². The highest BCUT2D eigenvalue weighted by Gasteiger charge is 2.27. The molecule has 0 saturated carbocycles. The van der Waals surface area contributed by atoms with Gasteiger partial charge in [0.2, 0.25) is 15.9 Å². The van der Waals surface area contributed by atoms with Gasteiger partial charge in [-0.3, -0.25) is 0 Å². The molecule has 1 aliphatic heterocycles. The molecule has 0 unspecified atom stereocenters. The number of ether oxygens (including phenoxy) is 1. The van der Waals surface area contributed by atoms with Crippen molar-refractivity contribution in [3.05, 3.63) is 59.9 Å². The van der Waals surface area contributed by atoms with E-state index in [0.29, 0.717) is 31.8 Å². The molecule has 0 radical (unpaired) electrons. The first kappa shape index (κ1) is 16.6. The Bertz CT molecular complexity index is 771. The van der Waals surface area contributed by atoms with Crippen molar-refractivity contribution in [1.29, 1.82) is 0 Å². The molecule has 24 heavy (non-hydrogen) atoms. The van der Waals surface area contributed by atoms with Gasteiger partial charge in [0.1, 0.15) is 12.4 Å². The van der Waals surface area contributed by atoms with Gasteiger partial charge in [-0.1, -0.05) is 30.3 Å². The third kappa shape index (κ3) is 4.39. The summed E-state index contributed by atoms with van der Waals surface area (Å²) in [4.78, 5) is 7.87. The summed E-state index contributed by atoms with van der Waals surface area (Å²) in [5, 5.41) is 1.27. The molecule has 1 aliphatic rings. The lowest BCUT2D eigenvalue weighted by Gasteiger charge is -2.30. The van der Waals surface area contributed by atoms with Gasteiger partial charge in [0.05, 0.1) is 0 Å². The highest BCUT2D eigenvalue weighted by Crippen LogP contribution is 2.19. The van der Waals surface area contributed by atoms with E-state index in [0.717, 1.165) is 5.56 Å². The predicted octanol–water partition coefficient (Wildman–Crippen LogP) is 2.32. The Balaban J connectivity index is 1.56. The lowest BCUT2D eigenvalue weighted by atomic mass is 10.1. The van der Waals surface area contributed by atoms with Crippen LogP contribution in [-0.2, 0) is 10.0 Å². The monoisotopic (exact) mass is 345 g/mol. The van der Waals surface area contributed by atoms with Crippen molar-refractivity contribution in [2.45, 2.75) is 18.9 Å². The molecule has 0 bridgehead atoms. The molecule has 1 fully saturated rings. The predicted molar refractivity (Wildman–Crippen MR) is 91.7 cm³/mol. The first-order valence-electron chi connectivity index (χ1n) is 7.79. The van der Waals surface area contributed by atoms with E-state index in [-0.39, 0.29) is 6.10 Å². The third-order valence-electron chi connectivity index (χ3n) is 3.84. The fourth-order valence-corrected chi connectivity index (χ4v) is 3.76. The molecule has 6 nitrogen and oxygen atoms in total. The van der Waals surface area contributed by atoms with E-state index in [1.54, 1.807) is 18.3 Å². The van der Waals surface area contributed by atoms with E-state index in [1.165, 1.54) is 16.0 Å². The first-order valence-corrected chi connectivity index (χ1v) is 9.30. The number of aromatic nitrogens is 2. The number of piperidine rings is 1. The fourth-order valence-electron chi connectivity index (χ4n) is 2.54. The van der Waals surface area contributed by atoms with Crippen molar-refractivity contribution in [2.24, 2.45) is 0 Å². The highest BCUT2D eigenvalue weighted by atomic mass is 32.2. The highest BCUT2D eigenvalue weighted by molar-refractivity contribution is 7.92. The van der Waals surface area contributed by atoms with Crippen LogP contribution in [0.2, 0.25) is 0 Å². The van der Waals surface area contributed by atoms with Crippen molar-refractivity contribution in [3.8, 4) is 5.88 Å². The lowest BCUT2D eigenvalue weighted by Crippen LogP contribution is -2.40. The van der Waals surface area contributed by atoms with E-state index in [9.17, 15) is 8.42 Å². The molecule has 126 valence electrons. The molecule has 0 N–H and O–H groups in total. The maximum absolute atomic E-state index is 12.4. The summed E-state index contributed by atoms with van der Waals surface area (Å²) in [7, 11) is -3.41. The van der Waals surface area contributed by atoms with Crippen LogP contribution in [0.5, 0.6) is 5.88 Å². The summed E-state index contributed by atoms with van der Waals surface area (Å²) in [6.45, 7) is 0.883. The van der Waals surface area contributed by atoms with E-state index in [1.807, 2.05) is 30.3 Å². The van der Waals surface area contributed by atoms with Crippen LogP contribution in [0.25, 0.3) is 6.08 Å². The van der Waals surface area contributed by atoms with E-state index >= 15 is 0 Å². The van der Waals surface area contributed by atoms with Crippen LogP contribution >= 0.6 is 0 Å². The molecule has 0 spiro atoms. The average molecular weight is 345 g/mol. The number of nitrogens with zero attached hydrogens (tertiary/aromatic N) is 3. The molecular weight excluding hydrogens is 326 g/mol. The summed E-state index contributed by atoms with van der Waals surface area (Å²) in [5.41, 5.74) is 0.864. The van der Waals surface area contributed by atoms with Gasteiger partial charge in [-0.2, -0.15) is 4.31 Å². The van der Waals surface area contributed by atoms with Gasteiger partial charge in [0.25, 0.3) is 0 Å². The minimum atomic E-state index is -3.41. The van der Waals surface area contributed by atoms with Crippen LogP contribution in [0.3, 0.4) is 0 Å². The molecule has 1 saturated heterocycles. The normalized spacial score (nSPS) is 17.2. The molecular formula is C17H19N3O3S. The minimum absolute atomic E-state index is 0.0237. The molecule has 0 amide bonds. The Morgan fingerprint density at radius 1 is 1.12 bits per heavy atom. The average Bonchev–Trinajstić information content (AvgIpc) is 2.62. The Morgan fingerprint density at radius 3 is 2.54 bits per heavy atom. The van der Waals surface area contributed by atoms with Crippen molar-refractivity contribution >= 4 is 16.1 Å². The second kappa shape index (κ2) is 7.55. The van der Waals surface area contributed by atoms with Crippen LogP contribution in [0.4, 0.5) is 0 Å². The SMILES string of the molecule is O=S(=O)(/C=C/c1ccccc1)N1CCC(Oc2ccncn2)CC1. The Morgan fingerprint density at radius 2 is 1.88 bits per heavy atom. The molecule has 7 heteroatoms. The number of benzene rings is 1. The van der Waals surface area contributed by atoms with Crippen molar-refractivity contribution in [3.63, 3.8) is 0 Å². The number of hydrogen-bond donors (Lipinski definition) is 0. The van der Waals surface area contributed by atoms with Gasteiger partial charge in [-0.05, 0) is 24.5 Å². The van der Waals surface area contributed by atoms with Crippen LogP contribution in [0.1, 0.15) is 18.4 Å². The smallest absolute Gasteiger partial charge is 0.236 e. The number of sulfonamides is 1. The summed E-state index contributed by atoms with van der Waals surface area (Å²) in [6, 6.07) is 11.1. The van der Waals surface area contributed by atoms with Crippen LogP contribution in [0.15, 0.2) is 54.3 Å². The van der Waals surface area contributed by atoms with Crippen LogP contribution < -0.4 is 4.74 Å². The van der Waals surface area contributed by atoms with Crippen molar-refractivity contribution < 1.29 is 13.2 Å². The molecule has 0 aliphatic carbocycles. The summed E-state index contributed by atoms with van der Waals surface area (Å²) < 4.78 is 32.1. The summed E-state index contributed by atoms with van der Waals surface area (Å²) >= 11 is 0. The lowest BCUT2D eigenvalue weighted by molar-refractivity contribution is 0.130. The van der Waals surface area contributed by atoms with Crippen molar-refractivity contribution in [2.75, 3.05) is 13.1 Å². The van der Waals surface area contributed by atoms with Gasteiger partial charge >= 0.3 is 0 Å². The van der Waals surface area contributed by atoms with E-state index in [2.05, 4.69) is 9.97 Å². The van der Waals surface area contributed by atoms with Gasteiger partial charge < -0.3 is 4.74 Å². The summed E-state index contributed by atoms with van der Waals surface area (Å²) in [5.74, 6) is 0.523. The standard InChI is InChI=1S/C17H19N3O3S/c21-24(22,13-9-15-4-2-1-3-5-15)20-11-7-16(8-12-20)23-17-6-10-18-14-19-17/h1-6,9-10,13-14,16H,7-8,11-12H2/b13-9+. The summed E-state index contributed by atoms with van der Waals surface area (Å²) in [6.07, 6.45) is 5.94. The number of rotatable bonds is 5. The maximum atomic E-state index is 12.4. The molecule has 0 atom stereocenters. The van der Waals surface area contributed by atoms with Crippen LogP contribution in [-0.4, -0.2) is 41.9 Å². The largest absolute Gasteiger partial charge is 0.474 e. The zero-order valence-electron chi connectivity index (χ0n) is 13.2. The second-order valence-corrected chi connectivity index (χ2v) is 7.34. The fraction of sp³-hybridized carbons (Fsp3) is 0.294. The maximum Gasteiger partial charge on any atom is 0.236 e. The molecule has 3 rings (SSSR count). The third-order valence-corrected chi connectivity index (χ3v) is 5.40. The number of hydrogen-bond acceptors (Lipinski definition) is 5. The Hall–Kier alpha value is -2.25. The second-order valence-electron chi connectivity index (χ2n) is 5.52. The minimum Gasteiger partial charge on any atom is -0.474 e. The van der Waals surface area contributed by atoms with Gasteiger partial charge in [0, 0.05) is 30.8 Å². The molecule has 1 aromatic carbocycles. The molecule has 2 aromatic rings. The Kier molecular flexibility index (Phi) is 5.22. The van der Waals surface area contributed by atoms with Gasteiger partial charge in [0.15, 0.2) is 0 Å². The zero-order chi connectivity index (χ0) is 16.8. The zero-order valence-corrected chi connectivity index (χ0v) is 14.0. The molecule has 1 aromatic heterocycles. The molecule has 2 heterocycles. The van der Waals surface area contributed by atoms with Gasteiger partial charge in [-0.25, -0.2) is 18.4 Å². The first-order chi connectivity index (χ1) is 11.6. The van der Waals surface area contributed by atoms with Gasteiger partial charge in [-0.15, -0.1) is 0 Å².